The van der Waals surface area contributed by atoms with Crippen LogP contribution in [0.4, 0.5) is 0 Å². The molecule has 1 aliphatic heterocycles. The number of imide groups is 1. The standard InChI is InChI=1S/C16H19ClN2O3/c1-3-7-18(8-4-2)14(20)10-19-15(21)12-6-5-11(17)9-13(12)16(19)22/h5-6,9H,3-4,7-8,10H2,1-2H3. The molecule has 3 amide bonds. The molecule has 0 saturated carbocycles. The normalized spacial score (nSPS) is 13.5. The van der Waals surface area contributed by atoms with Crippen molar-refractivity contribution in [3.8, 4) is 0 Å². The smallest absolute Gasteiger partial charge is 0.262 e. The van der Waals surface area contributed by atoms with Crippen LogP contribution in [0.15, 0.2) is 18.2 Å². The number of benzene rings is 1. The van der Waals surface area contributed by atoms with E-state index in [1.165, 1.54) is 12.1 Å². The molecular formula is C16H19ClN2O3. The van der Waals surface area contributed by atoms with Gasteiger partial charge in [0, 0.05) is 18.1 Å². The highest BCUT2D eigenvalue weighted by molar-refractivity contribution is 6.32. The second kappa shape index (κ2) is 6.92. The summed E-state index contributed by atoms with van der Waals surface area (Å²) in [7, 11) is 0. The molecule has 1 aromatic carbocycles. The number of carbonyl (C=O) groups is 3. The lowest BCUT2D eigenvalue weighted by Gasteiger charge is -2.23. The lowest BCUT2D eigenvalue weighted by Crippen LogP contribution is -2.43. The fourth-order valence-corrected chi connectivity index (χ4v) is 2.71. The maximum absolute atomic E-state index is 12.3. The Balaban J connectivity index is 2.16. The minimum absolute atomic E-state index is 0.204. The first-order valence-electron chi connectivity index (χ1n) is 7.43. The van der Waals surface area contributed by atoms with Crippen molar-refractivity contribution in [1.29, 1.82) is 0 Å². The summed E-state index contributed by atoms with van der Waals surface area (Å²) >= 11 is 5.87. The van der Waals surface area contributed by atoms with Crippen LogP contribution in [0.25, 0.3) is 0 Å². The average Bonchev–Trinajstić information content (AvgIpc) is 2.71. The lowest BCUT2D eigenvalue weighted by atomic mass is 10.1. The fourth-order valence-electron chi connectivity index (χ4n) is 2.54. The van der Waals surface area contributed by atoms with Crippen molar-refractivity contribution in [3.05, 3.63) is 34.3 Å². The number of fused-ring (bicyclic) bond motifs is 1. The predicted octanol–water partition coefficient (Wildman–Crippen LogP) is 2.58. The first kappa shape index (κ1) is 16.5. The van der Waals surface area contributed by atoms with Gasteiger partial charge in [-0.2, -0.15) is 0 Å². The second-order valence-corrected chi connectivity index (χ2v) is 5.70. The van der Waals surface area contributed by atoms with Crippen molar-refractivity contribution in [2.24, 2.45) is 0 Å². The van der Waals surface area contributed by atoms with Gasteiger partial charge in [-0.3, -0.25) is 19.3 Å². The van der Waals surface area contributed by atoms with E-state index in [2.05, 4.69) is 0 Å². The van der Waals surface area contributed by atoms with Crippen LogP contribution in [0.1, 0.15) is 47.4 Å². The largest absolute Gasteiger partial charge is 0.341 e. The Bertz CT molecular complexity index is 609. The van der Waals surface area contributed by atoms with Crippen molar-refractivity contribution in [2.45, 2.75) is 26.7 Å². The predicted molar refractivity (Wildman–Crippen MR) is 84.0 cm³/mol. The third kappa shape index (κ3) is 3.14. The molecule has 5 nitrogen and oxygen atoms in total. The minimum atomic E-state index is -0.455. The van der Waals surface area contributed by atoms with Crippen LogP contribution in [0.2, 0.25) is 5.02 Å². The molecule has 0 radical (unpaired) electrons. The zero-order chi connectivity index (χ0) is 16.3. The minimum Gasteiger partial charge on any atom is -0.341 e. The molecule has 1 heterocycles. The molecule has 0 N–H and O–H groups in total. The van der Waals surface area contributed by atoms with E-state index < -0.39 is 11.8 Å². The van der Waals surface area contributed by atoms with Crippen LogP contribution in [-0.2, 0) is 4.79 Å². The number of rotatable bonds is 6. The van der Waals surface area contributed by atoms with Gasteiger partial charge in [0.25, 0.3) is 11.8 Å². The quantitative estimate of drug-likeness (QED) is 0.756. The lowest BCUT2D eigenvalue weighted by molar-refractivity contribution is -0.131. The Morgan fingerprint density at radius 3 is 2.27 bits per heavy atom. The SMILES string of the molecule is CCCN(CCC)C(=O)CN1C(=O)c2ccc(Cl)cc2C1=O. The average molecular weight is 323 g/mol. The number of nitrogens with zero attached hydrogens (tertiary/aromatic N) is 2. The van der Waals surface area contributed by atoms with E-state index in [1.807, 2.05) is 13.8 Å². The Morgan fingerprint density at radius 2 is 1.68 bits per heavy atom. The van der Waals surface area contributed by atoms with Gasteiger partial charge in [-0.25, -0.2) is 0 Å². The topological polar surface area (TPSA) is 57.7 Å². The van der Waals surface area contributed by atoms with E-state index in [0.717, 1.165) is 17.7 Å². The highest BCUT2D eigenvalue weighted by atomic mass is 35.5. The van der Waals surface area contributed by atoms with Gasteiger partial charge in [0.2, 0.25) is 5.91 Å². The molecule has 22 heavy (non-hydrogen) atoms. The first-order chi connectivity index (χ1) is 10.5. The molecular weight excluding hydrogens is 304 g/mol. The van der Waals surface area contributed by atoms with Gasteiger partial charge in [-0.05, 0) is 31.0 Å². The van der Waals surface area contributed by atoms with Gasteiger partial charge in [-0.15, -0.1) is 0 Å². The van der Waals surface area contributed by atoms with Gasteiger partial charge < -0.3 is 4.90 Å². The van der Waals surface area contributed by atoms with Crippen LogP contribution in [0.3, 0.4) is 0 Å². The highest BCUT2D eigenvalue weighted by Gasteiger charge is 2.37. The van der Waals surface area contributed by atoms with Crippen LogP contribution in [-0.4, -0.2) is 47.2 Å². The molecule has 0 aromatic heterocycles. The summed E-state index contributed by atoms with van der Waals surface area (Å²) < 4.78 is 0. The molecule has 1 aliphatic rings. The van der Waals surface area contributed by atoms with E-state index in [0.29, 0.717) is 23.7 Å². The molecule has 0 saturated heterocycles. The van der Waals surface area contributed by atoms with Crippen LogP contribution in [0.5, 0.6) is 0 Å². The zero-order valence-corrected chi connectivity index (χ0v) is 13.5. The number of halogens is 1. The molecule has 118 valence electrons. The fraction of sp³-hybridized carbons (Fsp3) is 0.438. The molecule has 0 unspecified atom stereocenters. The van der Waals surface area contributed by atoms with E-state index in [9.17, 15) is 14.4 Å². The van der Waals surface area contributed by atoms with E-state index in [4.69, 9.17) is 11.6 Å². The molecule has 0 spiro atoms. The van der Waals surface area contributed by atoms with Gasteiger partial charge >= 0.3 is 0 Å². The van der Waals surface area contributed by atoms with Crippen molar-refractivity contribution in [2.75, 3.05) is 19.6 Å². The Labute approximate surface area is 134 Å². The van der Waals surface area contributed by atoms with E-state index >= 15 is 0 Å². The van der Waals surface area contributed by atoms with Crippen LogP contribution < -0.4 is 0 Å². The Morgan fingerprint density at radius 1 is 1.09 bits per heavy atom. The number of hydrogen-bond donors (Lipinski definition) is 0. The number of carbonyl (C=O) groups excluding carboxylic acids is 3. The summed E-state index contributed by atoms with van der Waals surface area (Å²) in [5.74, 6) is -1.09. The highest BCUT2D eigenvalue weighted by Crippen LogP contribution is 2.25. The zero-order valence-electron chi connectivity index (χ0n) is 12.8. The molecule has 6 heteroatoms. The van der Waals surface area contributed by atoms with Gasteiger partial charge in [-0.1, -0.05) is 25.4 Å². The monoisotopic (exact) mass is 322 g/mol. The molecule has 0 atom stereocenters. The maximum atomic E-state index is 12.3. The number of hydrogen-bond acceptors (Lipinski definition) is 3. The summed E-state index contributed by atoms with van der Waals surface area (Å²) in [4.78, 5) is 39.6. The van der Waals surface area contributed by atoms with Crippen LogP contribution in [0, 0.1) is 0 Å². The summed E-state index contributed by atoms with van der Waals surface area (Å²) in [5.41, 5.74) is 0.572. The summed E-state index contributed by atoms with van der Waals surface area (Å²) in [6.45, 7) is 5.01. The van der Waals surface area contributed by atoms with Gasteiger partial charge in [0.05, 0.1) is 11.1 Å². The van der Waals surface area contributed by atoms with Crippen molar-refractivity contribution in [3.63, 3.8) is 0 Å². The van der Waals surface area contributed by atoms with Crippen molar-refractivity contribution < 1.29 is 14.4 Å². The van der Waals surface area contributed by atoms with Crippen LogP contribution >= 0.6 is 11.6 Å². The third-order valence-corrected chi connectivity index (χ3v) is 3.80. The third-order valence-electron chi connectivity index (χ3n) is 3.57. The first-order valence-corrected chi connectivity index (χ1v) is 7.80. The molecule has 2 rings (SSSR count). The maximum Gasteiger partial charge on any atom is 0.262 e. The molecule has 1 aromatic rings. The van der Waals surface area contributed by atoms with Crippen molar-refractivity contribution >= 4 is 29.3 Å². The second-order valence-electron chi connectivity index (χ2n) is 5.27. The Kier molecular flexibility index (Phi) is 5.19. The molecule has 0 aliphatic carbocycles. The van der Waals surface area contributed by atoms with Crippen molar-refractivity contribution in [1.82, 2.24) is 9.80 Å². The Hall–Kier alpha value is -1.88. The summed E-state index contributed by atoms with van der Waals surface area (Å²) in [5, 5.41) is 0.395. The number of amides is 3. The van der Waals surface area contributed by atoms with Gasteiger partial charge in [0.15, 0.2) is 0 Å². The molecule has 0 bridgehead atoms. The molecule has 0 fully saturated rings. The van der Waals surface area contributed by atoms with Gasteiger partial charge in [0.1, 0.15) is 6.54 Å². The summed E-state index contributed by atoms with van der Waals surface area (Å²) in [6.07, 6.45) is 1.67. The van der Waals surface area contributed by atoms with E-state index in [1.54, 1.807) is 11.0 Å². The van der Waals surface area contributed by atoms with E-state index in [-0.39, 0.29) is 18.0 Å². The summed E-state index contributed by atoms with van der Waals surface area (Å²) in [6, 6.07) is 4.56.